The maximum absolute atomic E-state index is 10.2. The highest BCUT2D eigenvalue weighted by Gasteiger charge is 2.36. The van der Waals surface area contributed by atoms with Crippen LogP contribution < -0.4 is 0 Å². The third-order valence-electron chi connectivity index (χ3n) is 3.95. The molecule has 1 aliphatic heterocycles. The van der Waals surface area contributed by atoms with E-state index in [1.54, 1.807) is 0 Å². The summed E-state index contributed by atoms with van der Waals surface area (Å²) in [6.07, 6.45) is 1.19. The summed E-state index contributed by atoms with van der Waals surface area (Å²) in [5.74, 6) is 5.93. The Hall–Kier alpha value is -0.343. The SMILES string of the molecule is CC(C)(C)[Si](C)(C)OCC#CC1(O)CCOCC1. The van der Waals surface area contributed by atoms with Crippen LogP contribution in [0.4, 0.5) is 0 Å². The maximum Gasteiger partial charge on any atom is 0.193 e. The van der Waals surface area contributed by atoms with Crippen molar-refractivity contribution in [2.75, 3.05) is 19.8 Å². The molecule has 0 aliphatic carbocycles. The van der Waals surface area contributed by atoms with Gasteiger partial charge in [-0.05, 0) is 18.1 Å². The number of ether oxygens (including phenoxy) is 1. The lowest BCUT2D eigenvalue weighted by atomic mass is 9.95. The molecule has 0 bridgehead atoms. The maximum atomic E-state index is 10.2. The second-order valence-corrected chi connectivity index (χ2v) is 11.3. The molecule has 0 saturated carbocycles. The molecule has 4 heteroatoms. The fourth-order valence-corrected chi connectivity index (χ4v) is 2.33. The molecule has 104 valence electrons. The van der Waals surface area contributed by atoms with Crippen LogP contribution in [-0.4, -0.2) is 38.8 Å². The van der Waals surface area contributed by atoms with Crippen LogP contribution in [0.5, 0.6) is 0 Å². The third kappa shape index (κ3) is 4.40. The molecule has 1 heterocycles. The fourth-order valence-electron chi connectivity index (χ4n) is 1.47. The van der Waals surface area contributed by atoms with Gasteiger partial charge in [0.25, 0.3) is 0 Å². The zero-order chi connectivity index (χ0) is 13.9. The molecule has 1 aliphatic rings. The molecule has 1 fully saturated rings. The molecule has 0 amide bonds. The van der Waals surface area contributed by atoms with E-state index in [0.717, 1.165) is 0 Å². The fraction of sp³-hybridized carbons (Fsp3) is 0.857. The van der Waals surface area contributed by atoms with Gasteiger partial charge in [0, 0.05) is 12.8 Å². The molecular weight excluding hydrogens is 244 g/mol. The largest absolute Gasteiger partial charge is 0.406 e. The summed E-state index contributed by atoms with van der Waals surface area (Å²) < 4.78 is 11.2. The minimum absolute atomic E-state index is 0.199. The van der Waals surface area contributed by atoms with Gasteiger partial charge < -0.3 is 14.3 Å². The first-order valence-corrected chi connectivity index (χ1v) is 9.51. The molecule has 0 aromatic heterocycles. The first-order valence-electron chi connectivity index (χ1n) is 6.60. The van der Waals surface area contributed by atoms with Gasteiger partial charge in [0.15, 0.2) is 8.32 Å². The van der Waals surface area contributed by atoms with Gasteiger partial charge in [-0.1, -0.05) is 32.6 Å². The molecule has 0 radical (unpaired) electrons. The topological polar surface area (TPSA) is 38.7 Å². The highest BCUT2D eigenvalue weighted by Crippen LogP contribution is 2.36. The number of hydrogen-bond donors (Lipinski definition) is 1. The summed E-state index contributed by atoms with van der Waals surface area (Å²) in [6.45, 7) is 12.6. The summed E-state index contributed by atoms with van der Waals surface area (Å²) in [4.78, 5) is 0. The van der Waals surface area contributed by atoms with Crippen LogP contribution in [0.1, 0.15) is 33.6 Å². The molecule has 0 unspecified atom stereocenters. The van der Waals surface area contributed by atoms with Crippen molar-refractivity contribution in [2.45, 2.75) is 57.3 Å². The second kappa shape index (κ2) is 5.75. The quantitative estimate of drug-likeness (QED) is 0.619. The highest BCUT2D eigenvalue weighted by atomic mass is 28.4. The molecule has 18 heavy (non-hydrogen) atoms. The van der Waals surface area contributed by atoms with Crippen LogP contribution in [0.15, 0.2) is 0 Å². The van der Waals surface area contributed by atoms with E-state index < -0.39 is 13.9 Å². The van der Waals surface area contributed by atoms with Gasteiger partial charge in [0.2, 0.25) is 0 Å². The summed E-state index contributed by atoms with van der Waals surface area (Å²) in [5.41, 5.74) is -0.866. The Morgan fingerprint density at radius 1 is 1.28 bits per heavy atom. The number of rotatable bonds is 2. The van der Waals surface area contributed by atoms with Crippen LogP contribution in [0.2, 0.25) is 18.1 Å². The van der Waals surface area contributed by atoms with Crippen LogP contribution in [0.25, 0.3) is 0 Å². The van der Waals surface area contributed by atoms with E-state index >= 15 is 0 Å². The lowest BCUT2D eigenvalue weighted by Gasteiger charge is -2.35. The van der Waals surface area contributed by atoms with Crippen LogP contribution in [-0.2, 0) is 9.16 Å². The Labute approximate surface area is 112 Å². The highest BCUT2D eigenvalue weighted by molar-refractivity contribution is 6.74. The molecular formula is C14H26O3Si. The average Bonchev–Trinajstić information content (AvgIpc) is 2.24. The van der Waals surface area contributed by atoms with E-state index in [9.17, 15) is 5.11 Å². The predicted molar refractivity (Wildman–Crippen MR) is 75.9 cm³/mol. The standard InChI is InChI=1S/C14H26O3Si/c1-13(2,3)18(4,5)17-10-6-7-14(15)8-11-16-12-9-14/h15H,8-12H2,1-5H3. The van der Waals surface area contributed by atoms with Gasteiger partial charge in [-0.25, -0.2) is 0 Å². The number of hydrogen-bond acceptors (Lipinski definition) is 3. The zero-order valence-electron chi connectivity index (χ0n) is 12.3. The van der Waals surface area contributed by atoms with Gasteiger partial charge in [0.1, 0.15) is 5.60 Å². The van der Waals surface area contributed by atoms with E-state index in [1.807, 2.05) is 0 Å². The molecule has 0 atom stereocenters. The molecule has 1 N–H and O–H groups in total. The third-order valence-corrected chi connectivity index (χ3v) is 8.43. The summed E-state index contributed by atoms with van der Waals surface area (Å²) in [5, 5.41) is 10.4. The Morgan fingerprint density at radius 3 is 2.33 bits per heavy atom. The predicted octanol–water partition coefficient (Wildman–Crippen LogP) is 2.55. The van der Waals surface area contributed by atoms with Crippen molar-refractivity contribution in [3.8, 4) is 11.8 Å². The minimum Gasteiger partial charge on any atom is -0.406 e. The van der Waals surface area contributed by atoms with Gasteiger partial charge in [-0.2, -0.15) is 0 Å². The lowest BCUT2D eigenvalue weighted by Crippen LogP contribution is -2.41. The molecule has 0 aromatic rings. The van der Waals surface area contributed by atoms with Crippen LogP contribution in [0.3, 0.4) is 0 Å². The molecule has 3 nitrogen and oxygen atoms in total. The van der Waals surface area contributed by atoms with Crippen molar-refractivity contribution < 1.29 is 14.3 Å². The van der Waals surface area contributed by atoms with Crippen LogP contribution in [0, 0.1) is 11.8 Å². The summed E-state index contributed by atoms with van der Waals surface area (Å²) in [7, 11) is -1.72. The first kappa shape index (κ1) is 15.7. The molecule has 0 spiro atoms. The van der Waals surface area contributed by atoms with E-state index in [-0.39, 0.29) is 5.04 Å². The Balaban J connectivity index is 2.47. The monoisotopic (exact) mass is 270 g/mol. The van der Waals surface area contributed by atoms with Crippen molar-refractivity contribution >= 4 is 8.32 Å². The van der Waals surface area contributed by atoms with Gasteiger partial charge in [0.05, 0.1) is 19.8 Å². The summed E-state index contributed by atoms with van der Waals surface area (Å²) >= 11 is 0. The first-order chi connectivity index (χ1) is 8.16. The second-order valence-electron chi connectivity index (χ2n) is 6.49. The van der Waals surface area contributed by atoms with Crippen molar-refractivity contribution in [3.63, 3.8) is 0 Å². The normalized spacial score (nSPS) is 20.1. The van der Waals surface area contributed by atoms with Crippen molar-refractivity contribution in [2.24, 2.45) is 0 Å². The lowest BCUT2D eigenvalue weighted by molar-refractivity contribution is -0.0262. The smallest absolute Gasteiger partial charge is 0.193 e. The minimum atomic E-state index is -1.72. The molecule has 1 saturated heterocycles. The average molecular weight is 270 g/mol. The van der Waals surface area contributed by atoms with Crippen molar-refractivity contribution in [3.05, 3.63) is 0 Å². The van der Waals surface area contributed by atoms with E-state index in [0.29, 0.717) is 32.7 Å². The van der Waals surface area contributed by atoms with E-state index in [4.69, 9.17) is 9.16 Å². The Bertz CT molecular complexity index is 327. The van der Waals surface area contributed by atoms with Crippen molar-refractivity contribution in [1.82, 2.24) is 0 Å². The molecule has 0 aromatic carbocycles. The Morgan fingerprint density at radius 2 is 1.83 bits per heavy atom. The molecule has 1 rings (SSSR count). The van der Waals surface area contributed by atoms with Gasteiger partial charge >= 0.3 is 0 Å². The van der Waals surface area contributed by atoms with Crippen molar-refractivity contribution in [1.29, 1.82) is 0 Å². The zero-order valence-corrected chi connectivity index (χ0v) is 13.3. The summed E-state index contributed by atoms with van der Waals surface area (Å²) in [6, 6.07) is 0. The Kier molecular flexibility index (Phi) is 5.02. The van der Waals surface area contributed by atoms with E-state index in [1.165, 1.54) is 0 Å². The van der Waals surface area contributed by atoms with Crippen LogP contribution >= 0.6 is 0 Å². The van der Waals surface area contributed by atoms with E-state index in [2.05, 4.69) is 45.7 Å². The number of aliphatic hydroxyl groups is 1. The van der Waals surface area contributed by atoms with Gasteiger partial charge in [-0.3, -0.25) is 0 Å². The van der Waals surface area contributed by atoms with Gasteiger partial charge in [-0.15, -0.1) is 0 Å².